The van der Waals surface area contributed by atoms with Gasteiger partial charge in [-0.15, -0.1) is 0 Å². The molecule has 19 heavy (non-hydrogen) atoms. The summed E-state index contributed by atoms with van der Waals surface area (Å²) in [5.74, 6) is -0.336. The van der Waals surface area contributed by atoms with Gasteiger partial charge in [0.2, 0.25) is 0 Å². The van der Waals surface area contributed by atoms with Gasteiger partial charge < -0.3 is 4.74 Å². The van der Waals surface area contributed by atoms with Crippen LogP contribution in [0.2, 0.25) is 0 Å². The molecular formula is C15H20FNO2. The molecular weight excluding hydrogens is 245 g/mol. The summed E-state index contributed by atoms with van der Waals surface area (Å²) < 4.78 is 18.8. The Morgan fingerprint density at radius 3 is 3.00 bits per heavy atom. The average Bonchev–Trinajstić information content (AvgIpc) is 2.42. The number of ether oxygens (including phenoxy) is 1. The Bertz CT molecular complexity index is 459. The molecule has 1 unspecified atom stereocenters. The second kappa shape index (κ2) is 6.26. The minimum Gasteiger partial charge on any atom is -0.367 e. The maximum atomic E-state index is 13.2. The topological polar surface area (TPSA) is 29.5 Å². The fourth-order valence-electron chi connectivity index (χ4n) is 2.36. The zero-order chi connectivity index (χ0) is 13.8. The van der Waals surface area contributed by atoms with Crippen LogP contribution in [0.1, 0.15) is 29.3 Å². The molecule has 1 aromatic carbocycles. The van der Waals surface area contributed by atoms with Crippen molar-refractivity contribution in [2.75, 3.05) is 26.2 Å². The van der Waals surface area contributed by atoms with Gasteiger partial charge in [0.05, 0.1) is 6.61 Å². The SMILES string of the molecule is CCCN1CCOC(C(=O)c2ccc(F)c(C)c2)C1. The van der Waals surface area contributed by atoms with Crippen molar-refractivity contribution in [1.82, 2.24) is 4.90 Å². The molecule has 0 spiro atoms. The van der Waals surface area contributed by atoms with Crippen molar-refractivity contribution < 1.29 is 13.9 Å². The third-order valence-corrected chi connectivity index (χ3v) is 3.43. The molecule has 1 saturated heterocycles. The highest BCUT2D eigenvalue weighted by molar-refractivity contribution is 5.99. The van der Waals surface area contributed by atoms with E-state index in [0.29, 0.717) is 24.3 Å². The summed E-state index contributed by atoms with van der Waals surface area (Å²) in [5.41, 5.74) is 1.02. The van der Waals surface area contributed by atoms with Gasteiger partial charge in [0.25, 0.3) is 0 Å². The van der Waals surface area contributed by atoms with Gasteiger partial charge in [0.15, 0.2) is 5.78 Å². The molecule has 0 aliphatic carbocycles. The zero-order valence-electron chi connectivity index (χ0n) is 11.5. The Labute approximate surface area is 113 Å². The van der Waals surface area contributed by atoms with E-state index in [-0.39, 0.29) is 11.6 Å². The number of hydrogen-bond acceptors (Lipinski definition) is 3. The number of carbonyl (C=O) groups is 1. The molecule has 3 nitrogen and oxygen atoms in total. The van der Waals surface area contributed by atoms with Crippen LogP contribution in [-0.2, 0) is 4.74 Å². The summed E-state index contributed by atoms with van der Waals surface area (Å²) in [5, 5.41) is 0. The number of rotatable bonds is 4. The van der Waals surface area contributed by atoms with Crippen molar-refractivity contribution in [3.63, 3.8) is 0 Å². The molecule has 1 atom stereocenters. The average molecular weight is 265 g/mol. The summed E-state index contributed by atoms with van der Waals surface area (Å²) in [6.07, 6.45) is 0.640. The number of halogens is 1. The van der Waals surface area contributed by atoms with Gasteiger partial charge in [-0.05, 0) is 43.7 Å². The number of hydrogen-bond donors (Lipinski definition) is 0. The first-order valence-electron chi connectivity index (χ1n) is 6.76. The molecule has 1 aliphatic rings. The van der Waals surface area contributed by atoms with Gasteiger partial charge in [-0.3, -0.25) is 9.69 Å². The highest BCUT2D eigenvalue weighted by Gasteiger charge is 2.27. The van der Waals surface area contributed by atoms with Crippen LogP contribution in [0.5, 0.6) is 0 Å². The van der Waals surface area contributed by atoms with E-state index in [2.05, 4.69) is 11.8 Å². The lowest BCUT2D eigenvalue weighted by Gasteiger charge is -2.31. The summed E-state index contributed by atoms with van der Waals surface area (Å²) in [4.78, 5) is 14.6. The molecule has 0 N–H and O–H groups in total. The number of aryl methyl sites for hydroxylation is 1. The number of ketones is 1. The van der Waals surface area contributed by atoms with Crippen LogP contribution in [0.4, 0.5) is 4.39 Å². The predicted molar refractivity (Wildman–Crippen MR) is 71.9 cm³/mol. The molecule has 1 heterocycles. The summed E-state index contributed by atoms with van der Waals surface area (Å²) in [7, 11) is 0. The van der Waals surface area contributed by atoms with Gasteiger partial charge in [0.1, 0.15) is 11.9 Å². The highest BCUT2D eigenvalue weighted by Crippen LogP contribution is 2.15. The van der Waals surface area contributed by atoms with Crippen LogP contribution < -0.4 is 0 Å². The lowest BCUT2D eigenvalue weighted by atomic mass is 10.0. The molecule has 4 heteroatoms. The van der Waals surface area contributed by atoms with E-state index in [1.807, 2.05) is 0 Å². The number of morpholine rings is 1. The molecule has 0 saturated carbocycles. The number of carbonyl (C=O) groups excluding carboxylic acids is 1. The molecule has 2 rings (SSSR count). The number of nitrogens with zero attached hydrogens (tertiary/aromatic N) is 1. The summed E-state index contributed by atoms with van der Waals surface area (Å²) in [6.45, 7) is 6.85. The fraction of sp³-hybridized carbons (Fsp3) is 0.533. The molecule has 0 amide bonds. The molecule has 0 bridgehead atoms. The second-order valence-electron chi connectivity index (χ2n) is 4.99. The first kappa shape index (κ1) is 14.2. The molecule has 0 aromatic heterocycles. The summed E-state index contributed by atoms with van der Waals surface area (Å²) in [6, 6.07) is 4.47. The minimum atomic E-state index is -0.426. The number of Topliss-reactive ketones (excluding diaryl/α,β-unsaturated/α-hetero) is 1. The van der Waals surface area contributed by atoms with E-state index >= 15 is 0 Å². The van der Waals surface area contributed by atoms with Crippen LogP contribution >= 0.6 is 0 Å². The maximum Gasteiger partial charge on any atom is 0.192 e. The van der Waals surface area contributed by atoms with Crippen molar-refractivity contribution in [1.29, 1.82) is 0 Å². The standard InChI is InChI=1S/C15H20FNO2/c1-3-6-17-7-8-19-14(10-17)15(18)12-4-5-13(16)11(2)9-12/h4-5,9,14H,3,6-8,10H2,1-2H3. The Kier molecular flexibility index (Phi) is 4.66. The van der Waals surface area contributed by atoms with Crippen molar-refractivity contribution in [3.05, 3.63) is 35.1 Å². The first-order valence-corrected chi connectivity index (χ1v) is 6.76. The van der Waals surface area contributed by atoms with E-state index in [1.54, 1.807) is 13.0 Å². The maximum absolute atomic E-state index is 13.2. The number of benzene rings is 1. The van der Waals surface area contributed by atoms with Crippen LogP contribution in [0.15, 0.2) is 18.2 Å². The molecule has 0 radical (unpaired) electrons. The Morgan fingerprint density at radius 1 is 1.53 bits per heavy atom. The van der Waals surface area contributed by atoms with E-state index in [9.17, 15) is 9.18 Å². The minimum absolute atomic E-state index is 0.0519. The predicted octanol–water partition coefficient (Wildman–Crippen LogP) is 2.43. The molecule has 104 valence electrons. The summed E-state index contributed by atoms with van der Waals surface area (Å²) >= 11 is 0. The van der Waals surface area contributed by atoms with Crippen LogP contribution in [-0.4, -0.2) is 43.0 Å². The van der Waals surface area contributed by atoms with Crippen LogP contribution in [0.25, 0.3) is 0 Å². The van der Waals surface area contributed by atoms with Crippen LogP contribution in [0, 0.1) is 12.7 Å². The zero-order valence-corrected chi connectivity index (χ0v) is 11.5. The van der Waals surface area contributed by atoms with E-state index in [0.717, 1.165) is 19.5 Å². The first-order chi connectivity index (χ1) is 9.11. The Morgan fingerprint density at radius 2 is 2.32 bits per heavy atom. The van der Waals surface area contributed by atoms with Crippen molar-refractivity contribution in [3.8, 4) is 0 Å². The highest BCUT2D eigenvalue weighted by atomic mass is 19.1. The van der Waals surface area contributed by atoms with Crippen LogP contribution in [0.3, 0.4) is 0 Å². The lowest BCUT2D eigenvalue weighted by molar-refractivity contribution is -0.0163. The van der Waals surface area contributed by atoms with Crippen molar-refractivity contribution >= 4 is 5.78 Å². The van der Waals surface area contributed by atoms with Gasteiger partial charge >= 0.3 is 0 Å². The van der Waals surface area contributed by atoms with Gasteiger partial charge in [0, 0.05) is 18.7 Å². The van der Waals surface area contributed by atoms with Gasteiger partial charge in [-0.1, -0.05) is 6.92 Å². The Hall–Kier alpha value is -1.26. The quantitative estimate of drug-likeness (QED) is 0.783. The third-order valence-electron chi connectivity index (χ3n) is 3.43. The van der Waals surface area contributed by atoms with Crippen molar-refractivity contribution in [2.24, 2.45) is 0 Å². The monoisotopic (exact) mass is 265 g/mol. The lowest BCUT2D eigenvalue weighted by Crippen LogP contribution is -2.46. The largest absolute Gasteiger partial charge is 0.367 e. The molecule has 1 fully saturated rings. The van der Waals surface area contributed by atoms with E-state index in [4.69, 9.17) is 4.74 Å². The third kappa shape index (κ3) is 3.39. The van der Waals surface area contributed by atoms with Gasteiger partial charge in [-0.2, -0.15) is 0 Å². The normalized spacial score (nSPS) is 20.5. The van der Waals surface area contributed by atoms with Gasteiger partial charge in [-0.25, -0.2) is 4.39 Å². The van der Waals surface area contributed by atoms with Crippen molar-refractivity contribution in [2.45, 2.75) is 26.4 Å². The second-order valence-corrected chi connectivity index (χ2v) is 4.99. The fourth-order valence-corrected chi connectivity index (χ4v) is 2.36. The Balaban J connectivity index is 2.08. The molecule has 1 aromatic rings. The van der Waals surface area contributed by atoms with E-state index in [1.165, 1.54) is 12.1 Å². The smallest absolute Gasteiger partial charge is 0.192 e. The van der Waals surface area contributed by atoms with E-state index < -0.39 is 6.10 Å². The molecule has 1 aliphatic heterocycles.